The second-order valence-corrected chi connectivity index (χ2v) is 6.25. The Bertz CT molecular complexity index is 1020. The quantitative estimate of drug-likeness (QED) is 0.728. The van der Waals surface area contributed by atoms with Crippen molar-refractivity contribution in [2.24, 2.45) is 5.92 Å². The summed E-state index contributed by atoms with van der Waals surface area (Å²) in [4.78, 5) is 37.5. The van der Waals surface area contributed by atoms with Gasteiger partial charge in [-0.2, -0.15) is 0 Å². The lowest BCUT2D eigenvalue weighted by atomic mass is 10.1. The fourth-order valence-corrected chi connectivity index (χ4v) is 3.09. The van der Waals surface area contributed by atoms with Crippen LogP contribution in [0.3, 0.4) is 0 Å². The van der Waals surface area contributed by atoms with Crippen molar-refractivity contribution in [1.82, 2.24) is 4.90 Å². The average molecular weight is 352 g/mol. The summed E-state index contributed by atoms with van der Waals surface area (Å²) in [5.74, 6) is -0.00356. The summed E-state index contributed by atoms with van der Waals surface area (Å²) in [5, 5.41) is 3.54. The van der Waals surface area contributed by atoms with Gasteiger partial charge in [-0.3, -0.25) is 9.59 Å². The van der Waals surface area contributed by atoms with Crippen LogP contribution in [0.25, 0.3) is 11.0 Å². The Balaban J connectivity index is 1.44. The van der Waals surface area contributed by atoms with Crippen LogP contribution < -0.4 is 10.9 Å². The van der Waals surface area contributed by atoms with Gasteiger partial charge >= 0.3 is 5.63 Å². The zero-order chi connectivity index (χ0) is 18.1. The first-order valence-electron chi connectivity index (χ1n) is 8.23. The lowest BCUT2D eigenvalue weighted by molar-refractivity contribution is -0.128. The van der Waals surface area contributed by atoms with Crippen LogP contribution in [-0.4, -0.2) is 23.3 Å². The standard InChI is InChI=1S/C19H16N2O5/c22-17-9-13(10-21(17)11-15-2-1-7-25-15)19(24)20-14-4-5-16-12(8-14)3-6-18(23)26-16/h1-8,13H,9-11H2,(H,20,24). The predicted molar refractivity (Wildman–Crippen MR) is 93.3 cm³/mol. The Morgan fingerprint density at radius 1 is 1.19 bits per heavy atom. The summed E-state index contributed by atoms with van der Waals surface area (Å²) in [5.41, 5.74) is 0.625. The van der Waals surface area contributed by atoms with Crippen molar-refractivity contribution in [3.63, 3.8) is 0 Å². The minimum atomic E-state index is -0.421. The first kappa shape index (κ1) is 16.1. The molecule has 7 heteroatoms. The third kappa shape index (κ3) is 3.23. The van der Waals surface area contributed by atoms with Crippen molar-refractivity contribution in [1.29, 1.82) is 0 Å². The molecule has 0 spiro atoms. The van der Waals surface area contributed by atoms with E-state index in [2.05, 4.69) is 5.32 Å². The summed E-state index contributed by atoms with van der Waals surface area (Å²) in [6, 6.07) is 11.6. The maximum atomic E-state index is 12.5. The number of furan rings is 1. The van der Waals surface area contributed by atoms with E-state index >= 15 is 0 Å². The first-order chi connectivity index (χ1) is 12.6. The third-order valence-corrected chi connectivity index (χ3v) is 4.40. The van der Waals surface area contributed by atoms with Crippen molar-refractivity contribution >= 4 is 28.5 Å². The van der Waals surface area contributed by atoms with E-state index in [1.165, 1.54) is 6.07 Å². The Hall–Kier alpha value is -3.35. The van der Waals surface area contributed by atoms with Gasteiger partial charge in [-0.15, -0.1) is 0 Å². The van der Waals surface area contributed by atoms with Crippen LogP contribution in [0.1, 0.15) is 12.2 Å². The fourth-order valence-electron chi connectivity index (χ4n) is 3.09. The highest BCUT2D eigenvalue weighted by Gasteiger charge is 2.34. The Labute approximate surface area is 148 Å². The molecule has 1 aromatic carbocycles. The molecule has 0 aliphatic carbocycles. The number of anilines is 1. The van der Waals surface area contributed by atoms with E-state index in [9.17, 15) is 14.4 Å². The van der Waals surface area contributed by atoms with Crippen molar-refractivity contribution in [3.8, 4) is 0 Å². The van der Waals surface area contributed by atoms with Crippen molar-refractivity contribution in [2.75, 3.05) is 11.9 Å². The molecule has 7 nitrogen and oxygen atoms in total. The van der Waals surface area contributed by atoms with E-state index in [1.54, 1.807) is 47.6 Å². The molecule has 26 heavy (non-hydrogen) atoms. The average Bonchev–Trinajstić information content (AvgIpc) is 3.26. The van der Waals surface area contributed by atoms with Crippen LogP contribution in [-0.2, 0) is 16.1 Å². The molecule has 1 atom stereocenters. The van der Waals surface area contributed by atoms with Crippen LogP contribution in [0, 0.1) is 5.92 Å². The smallest absolute Gasteiger partial charge is 0.336 e. The number of nitrogens with one attached hydrogen (secondary N) is 1. The Morgan fingerprint density at radius 2 is 2.08 bits per heavy atom. The van der Waals surface area contributed by atoms with Crippen LogP contribution in [0.5, 0.6) is 0 Å². The minimum absolute atomic E-state index is 0.0677. The number of likely N-dealkylation sites (tertiary alicyclic amines) is 1. The summed E-state index contributed by atoms with van der Waals surface area (Å²) >= 11 is 0. The normalized spacial score (nSPS) is 17.0. The van der Waals surface area contributed by atoms with Gasteiger partial charge in [0.25, 0.3) is 0 Å². The lowest BCUT2D eigenvalue weighted by Crippen LogP contribution is -2.27. The van der Waals surface area contributed by atoms with Gasteiger partial charge in [0, 0.05) is 30.1 Å². The molecular formula is C19H16N2O5. The zero-order valence-corrected chi connectivity index (χ0v) is 13.8. The first-order valence-corrected chi connectivity index (χ1v) is 8.23. The number of carbonyl (C=O) groups is 2. The van der Waals surface area contributed by atoms with Gasteiger partial charge in [0.15, 0.2) is 0 Å². The summed E-state index contributed by atoms with van der Waals surface area (Å²) in [7, 11) is 0. The molecule has 132 valence electrons. The molecule has 0 saturated carbocycles. The molecule has 0 radical (unpaired) electrons. The maximum absolute atomic E-state index is 12.5. The van der Waals surface area contributed by atoms with E-state index in [-0.39, 0.29) is 18.2 Å². The third-order valence-electron chi connectivity index (χ3n) is 4.40. The highest BCUT2D eigenvalue weighted by atomic mass is 16.4. The monoisotopic (exact) mass is 352 g/mol. The molecule has 2 amide bonds. The molecular weight excluding hydrogens is 336 g/mol. The largest absolute Gasteiger partial charge is 0.467 e. The summed E-state index contributed by atoms with van der Waals surface area (Å²) in [6.45, 7) is 0.721. The SMILES string of the molecule is O=C(Nc1ccc2oc(=O)ccc2c1)C1CC(=O)N(Cc2ccco2)C1. The number of nitrogens with zero attached hydrogens (tertiary/aromatic N) is 1. The molecule has 3 heterocycles. The van der Waals surface area contributed by atoms with E-state index in [1.807, 2.05) is 0 Å². The number of fused-ring (bicyclic) bond motifs is 1. The second kappa shape index (κ2) is 6.51. The molecule has 4 rings (SSSR count). The number of hydrogen-bond donors (Lipinski definition) is 1. The number of benzene rings is 1. The van der Waals surface area contributed by atoms with Gasteiger partial charge in [-0.1, -0.05) is 0 Å². The molecule has 1 N–H and O–H groups in total. The van der Waals surface area contributed by atoms with Crippen LogP contribution in [0.2, 0.25) is 0 Å². The van der Waals surface area contributed by atoms with Crippen LogP contribution >= 0.6 is 0 Å². The van der Waals surface area contributed by atoms with E-state index < -0.39 is 11.5 Å². The number of rotatable bonds is 4. The van der Waals surface area contributed by atoms with Crippen LogP contribution in [0.15, 0.2) is 62.4 Å². The minimum Gasteiger partial charge on any atom is -0.467 e. The topological polar surface area (TPSA) is 92.8 Å². The van der Waals surface area contributed by atoms with Gasteiger partial charge in [-0.25, -0.2) is 4.79 Å². The molecule has 1 aliphatic heterocycles. The van der Waals surface area contributed by atoms with Gasteiger partial charge in [-0.05, 0) is 36.4 Å². The Kier molecular flexibility index (Phi) is 4.04. The van der Waals surface area contributed by atoms with Crippen molar-refractivity contribution in [3.05, 3.63) is 64.9 Å². The molecule has 0 bridgehead atoms. The highest BCUT2D eigenvalue weighted by molar-refractivity contribution is 5.98. The molecule has 1 fully saturated rings. The van der Waals surface area contributed by atoms with Gasteiger partial charge < -0.3 is 19.1 Å². The summed E-state index contributed by atoms with van der Waals surface area (Å²) < 4.78 is 10.3. The number of carbonyl (C=O) groups excluding carboxylic acids is 2. The fraction of sp³-hybridized carbons (Fsp3) is 0.211. The van der Waals surface area contributed by atoms with Gasteiger partial charge in [0.2, 0.25) is 11.8 Å². The maximum Gasteiger partial charge on any atom is 0.336 e. The zero-order valence-electron chi connectivity index (χ0n) is 13.8. The Morgan fingerprint density at radius 3 is 2.88 bits per heavy atom. The van der Waals surface area contributed by atoms with Gasteiger partial charge in [0.1, 0.15) is 11.3 Å². The molecule has 1 saturated heterocycles. The van der Waals surface area contributed by atoms with E-state index in [0.29, 0.717) is 35.5 Å². The van der Waals surface area contributed by atoms with Crippen molar-refractivity contribution in [2.45, 2.75) is 13.0 Å². The van der Waals surface area contributed by atoms with Crippen LogP contribution in [0.4, 0.5) is 5.69 Å². The van der Waals surface area contributed by atoms with E-state index in [4.69, 9.17) is 8.83 Å². The molecule has 1 unspecified atom stereocenters. The predicted octanol–water partition coefficient (Wildman–Crippen LogP) is 2.37. The lowest BCUT2D eigenvalue weighted by Gasteiger charge is -2.15. The van der Waals surface area contributed by atoms with Crippen molar-refractivity contribution < 1.29 is 18.4 Å². The molecule has 3 aromatic rings. The summed E-state index contributed by atoms with van der Waals surface area (Å²) in [6.07, 6.45) is 1.73. The van der Waals surface area contributed by atoms with Gasteiger partial charge in [0.05, 0.1) is 18.7 Å². The highest BCUT2D eigenvalue weighted by Crippen LogP contribution is 2.23. The molecule has 1 aliphatic rings. The second-order valence-electron chi connectivity index (χ2n) is 6.25. The number of amides is 2. The number of hydrogen-bond acceptors (Lipinski definition) is 5. The van der Waals surface area contributed by atoms with E-state index in [0.717, 1.165) is 0 Å². The molecule has 2 aromatic heterocycles.